The molecule has 2 aromatic rings. The molecule has 0 bridgehead atoms. The summed E-state index contributed by atoms with van der Waals surface area (Å²) in [5.74, 6) is 0.405. The number of ether oxygens (including phenoxy) is 1. The number of benzene rings is 1. The van der Waals surface area contributed by atoms with Crippen molar-refractivity contribution in [3.63, 3.8) is 0 Å². The van der Waals surface area contributed by atoms with E-state index in [9.17, 15) is 10.2 Å². The molecule has 1 unspecified atom stereocenters. The average Bonchev–Trinajstić information content (AvgIpc) is 2.96. The van der Waals surface area contributed by atoms with Gasteiger partial charge in [0, 0.05) is 29.7 Å². The van der Waals surface area contributed by atoms with E-state index in [1.807, 2.05) is 16.8 Å². The highest BCUT2D eigenvalue weighted by Crippen LogP contribution is 2.33. The van der Waals surface area contributed by atoms with Gasteiger partial charge >= 0.3 is 0 Å². The second-order valence-corrected chi connectivity index (χ2v) is 5.54. The molecule has 0 amide bonds. The van der Waals surface area contributed by atoms with Gasteiger partial charge in [0.05, 0.1) is 13.2 Å². The number of halogens is 1. The molecule has 1 atom stereocenters. The summed E-state index contributed by atoms with van der Waals surface area (Å²) in [7, 11) is 1.48. The SMILES string of the molecule is COc1cc(Cl)cc(CNCC(O)c2ccsc2)c1O. The number of thiophene rings is 1. The smallest absolute Gasteiger partial charge is 0.162 e. The predicted octanol–water partition coefficient (Wildman–Crippen LogP) is 2.94. The normalized spacial score (nSPS) is 12.3. The molecule has 1 heterocycles. The first-order valence-corrected chi connectivity index (χ1v) is 7.40. The fraction of sp³-hybridized carbons (Fsp3) is 0.286. The van der Waals surface area contributed by atoms with Gasteiger partial charge in [0.1, 0.15) is 0 Å². The van der Waals surface area contributed by atoms with Crippen LogP contribution in [0.15, 0.2) is 29.0 Å². The van der Waals surface area contributed by atoms with Crippen LogP contribution in [0.5, 0.6) is 11.5 Å². The lowest BCUT2D eigenvalue weighted by atomic mass is 10.1. The van der Waals surface area contributed by atoms with Gasteiger partial charge in [-0.3, -0.25) is 0 Å². The van der Waals surface area contributed by atoms with E-state index in [0.29, 0.717) is 29.4 Å². The van der Waals surface area contributed by atoms with Crippen LogP contribution in [0.25, 0.3) is 0 Å². The third-order valence-electron chi connectivity index (χ3n) is 2.92. The zero-order valence-corrected chi connectivity index (χ0v) is 12.5. The Morgan fingerprint density at radius 1 is 1.45 bits per heavy atom. The third-order valence-corrected chi connectivity index (χ3v) is 3.84. The molecule has 0 saturated carbocycles. The summed E-state index contributed by atoms with van der Waals surface area (Å²) in [6, 6.07) is 5.11. The second-order valence-electron chi connectivity index (χ2n) is 4.32. The number of nitrogens with one attached hydrogen (secondary N) is 1. The molecule has 0 aliphatic heterocycles. The number of aliphatic hydroxyl groups is 1. The molecule has 3 N–H and O–H groups in total. The lowest BCUT2D eigenvalue weighted by Gasteiger charge is -2.13. The van der Waals surface area contributed by atoms with E-state index < -0.39 is 6.10 Å². The number of phenolic OH excluding ortho intramolecular Hbond substituents is 1. The maximum atomic E-state index is 9.98. The predicted molar refractivity (Wildman–Crippen MR) is 80.7 cm³/mol. The van der Waals surface area contributed by atoms with Gasteiger partial charge in [-0.2, -0.15) is 11.3 Å². The van der Waals surface area contributed by atoms with Gasteiger partial charge in [0.25, 0.3) is 0 Å². The summed E-state index contributed by atoms with van der Waals surface area (Å²) in [6.45, 7) is 0.787. The standard InChI is InChI=1S/C14H16ClNO3S/c1-19-13-5-11(15)4-10(14(13)18)6-16-7-12(17)9-2-3-20-8-9/h2-5,8,12,16-18H,6-7H2,1H3. The van der Waals surface area contributed by atoms with Crippen LogP contribution >= 0.6 is 22.9 Å². The first kappa shape index (κ1) is 15.1. The molecule has 6 heteroatoms. The Balaban J connectivity index is 1.96. The molecular weight excluding hydrogens is 298 g/mol. The Kier molecular flexibility index (Phi) is 5.25. The van der Waals surface area contributed by atoms with E-state index in [1.54, 1.807) is 23.5 Å². The highest BCUT2D eigenvalue weighted by atomic mass is 35.5. The third kappa shape index (κ3) is 3.64. The number of methoxy groups -OCH3 is 1. The highest BCUT2D eigenvalue weighted by Gasteiger charge is 2.11. The molecule has 0 aliphatic carbocycles. The summed E-state index contributed by atoms with van der Waals surface area (Å²) in [5, 5.41) is 27.3. The molecule has 0 aliphatic rings. The molecule has 0 fully saturated rings. The highest BCUT2D eigenvalue weighted by molar-refractivity contribution is 7.07. The van der Waals surface area contributed by atoms with Crippen molar-refractivity contribution >= 4 is 22.9 Å². The maximum Gasteiger partial charge on any atom is 0.162 e. The van der Waals surface area contributed by atoms with Gasteiger partial charge in [-0.05, 0) is 28.5 Å². The number of aromatic hydroxyl groups is 1. The Morgan fingerprint density at radius 2 is 2.25 bits per heavy atom. The van der Waals surface area contributed by atoms with Crippen LogP contribution in [0.1, 0.15) is 17.2 Å². The topological polar surface area (TPSA) is 61.7 Å². The van der Waals surface area contributed by atoms with Crippen molar-refractivity contribution in [1.29, 1.82) is 0 Å². The van der Waals surface area contributed by atoms with E-state index in [4.69, 9.17) is 16.3 Å². The molecular formula is C14H16ClNO3S. The minimum Gasteiger partial charge on any atom is -0.504 e. The van der Waals surface area contributed by atoms with Crippen molar-refractivity contribution in [2.24, 2.45) is 0 Å². The molecule has 2 rings (SSSR count). The average molecular weight is 314 g/mol. The van der Waals surface area contributed by atoms with Crippen molar-refractivity contribution in [1.82, 2.24) is 5.32 Å². The summed E-state index contributed by atoms with van der Waals surface area (Å²) in [5.41, 5.74) is 1.52. The van der Waals surface area contributed by atoms with Crippen molar-refractivity contribution in [2.45, 2.75) is 12.6 Å². The second kappa shape index (κ2) is 6.95. The van der Waals surface area contributed by atoms with E-state index in [0.717, 1.165) is 5.56 Å². The van der Waals surface area contributed by atoms with Crippen LogP contribution in [0.2, 0.25) is 5.02 Å². The molecule has 20 heavy (non-hydrogen) atoms. The number of aliphatic hydroxyl groups excluding tert-OH is 1. The number of rotatable bonds is 6. The quantitative estimate of drug-likeness (QED) is 0.767. The van der Waals surface area contributed by atoms with E-state index in [1.165, 1.54) is 7.11 Å². The Labute approximate surface area is 126 Å². The number of hydrogen-bond donors (Lipinski definition) is 3. The Morgan fingerprint density at radius 3 is 2.90 bits per heavy atom. The van der Waals surface area contributed by atoms with Gasteiger partial charge < -0.3 is 20.3 Å². The van der Waals surface area contributed by atoms with Crippen molar-refractivity contribution in [3.05, 3.63) is 45.1 Å². The van der Waals surface area contributed by atoms with Crippen LogP contribution in [0.3, 0.4) is 0 Å². The van der Waals surface area contributed by atoms with Gasteiger partial charge in [-0.15, -0.1) is 0 Å². The summed E-state index contributed by atoms with van der Waals surface area (Å²) in [4.78, 5) is 0. The van der Waals surface area contributed by atoms with E-state index in [2.05, 4.69) is 5.32 Å². The lowest BCUT2D eigenvalue weighted by Crippen LogP contribution is -2.20. The maximum absolute atomic E-state index is 9.98. The zero-order valence-electron chi connectivity index (χ0n) is 11.0. The van der Waals surface area contributed by atoms with Crippen LogP contribution in [0, 0.1) is 0 Å². The van der Waals surface area contributed by atoms with Gasteiger partial charge in [-0.1, -0.05) is 11.6 Å². The van der Waals surface area contributed by atoms with Crippen LogP contribution in [-0.4, -0.2) is 23.9 Å². The van der Waals surface area contributed by atoms with Crippen molar-refractivity contribution in [3.8, 4) is 11.5 Å². The molecule has 108 valence electrons. The fourth-order valence-electron chi connectivity index (χ4n) is 1.84. The minimum atomic E-state index is -0.565. The van der Waals surface area contributed by atoms with Crippen molar-refractivity contribution < 1.29 is 14.9 Å². The van der Waals surface area contributed by atoms with E-state index in [-0.39, 0.29) is 5.75 Å². The molecule has 4 nitrogen and oxygen atoms in total. The first-order chi connectivity index (χ1) is 9.61. The number of phenols is 1. The van der Waals surface area contributed by atoms with Gasteiger partial charge in [-0.25, -0.2) is 0 Å². The first-order valence-electron chi connectivity index (χ1n) is 6.08. The zero-order chi connectivity index (χ0) is 14.5. The molecule has 0 saturated heterocycles. The monoisotopic (exact) mass is 313 g/mol. The van der Waals surface area contributed by atoms with Gasteiger partial charge in [0.2, 0.25) is 0 Å². The van der Waals surface area contributed by atoms with E-state index >= 15 is 0 Å². The number of hydrogen-bond acceptors (Lipinski definition) is 5. The van der Waals surface area contributed by atoms with Gasteiger partial charge in [0.15, 0.2) is 11.5 Å². The minimum absolute atomic E-state index is 0.0643. The molecule has 1 aromatic heterocycles. The molecule has 0 radical (unpaired) electrons. The summed E-state index contributed by atoms with van der Waals surface area (Å²) < 4.78 is 5.04. The molecule has 0 spiro atoms. The largest absolute Gasteiger partial charge is 0.504 e. The van der Waals surface area contributed by atoms with Crippen LogP contribution < -0.4 is 10.1 Å². The van der Waals surface area contributed by atoms with Crippen LogP contribution in [0.4, 0.5) is 0 Å². The lowest BCUT2D eigenvalue weighted by molar-refractivity contribution is 0.174. The molecule has 1 aromatic carbocycles. The fourth-order valence-corrected chi connectivity index (χ4v) is 2.78. The Bertz CT molecular complexity index is 560. The summed E-state index contributed by atoms with van der Waals surface area (Å²) >= 11 is 7.50. The van der Waals surface area contributed by atoms with Crippen molar-refractivity contribution in [2.75, 3.05) is 13.7 Å². The van der Waals surface area contributed by atoms with Crippen LogP contribution in [-0.2, 0) is 6.54 Å². The summed E-state index contributed by atoms with van der Waals surface area (Å²) in [6.07, 6.45) is -0.565. The Hall–Kier alpha value is -1.27.